The van der Waals surface area contributed by atoms with Crippen molar-refractivity contribution in [3.63, 3.8) is 0 Å². The molecule has 1 fully saturated rings. The van der Waals surface area contributed by atoms with Crippen LogP contribution in [0.25, 0.3) is 5.65 Å². The van der Waals surface area contributed by atoms with E-state index in [1.807, 2.05) is 35.7 Å². The third-order valence-corrected chi connectivity index (χ3v) is 7.80. The minimum Gasteiger partial charge on any atom is -0.352 e. The predicted octanol–water partition coefficient (Wildman–Crippen LogP) is 2.78. The lowest BCUT2D eigenvalue weighted by Crippen LogP contribution is -2.39. The van der Waals surface area contributed by atoms with Crippen molar-refractivity contribution in [2.45, 2.75) is 31.1 Å². The van der Waals surface area contributed by atoms with Crippen LogP contribution in [0.3, 0.4) is 0 Å². The number of amides is 1. The number of hydrogen-bond donors (Lipinski definition) is 1. The number of nitrogens with one attached hydrogen (secondary N) is 1. The molecule has 8 nitrogen and oxygen atoms in total. The van der Waals surface area contributed by atoms with Crippen molar-refractivity contribution in [1.82, 2.24) is 24.2 Å². The molecule has 0 saturated carbocycles. The van der Waals surface area contributed by atoms with Gasteiger partial charge in [-0.05, 0) is 49.1 Å². The molecule has 10 heteroatoms. The zero-order valence-electron chi connectivity index (χ0n) is 17.2. The number of hydrogen-bond acceptors (Lipinski definition) is 5. The van der Waals surface area contributed by atoms with Gasteiger partial charge in [-0.25, -0.2) is 8.42 Å². The highest BCUT2D eigenvalue weighted by atomic mass is 35.5. The van der Waals surface area contributed by atoms with Gasteiger partial charge in [0, 0.05) is 37.8 Å². The van der Waals surface area contributed by atoms with Crippen LogP contribution >= 0.6 is 11.6 Å². The number of carbonyl (C=O) groups excluding carboxylic acids is 1. The van der Waals surface area contributed by atoms with Crippen LogP contribution in [0.4, 0.5) is 0 Å². The van der Waals surface area contributed by atoms with Crippen LogP contribution in [0.1, 0.15) is 35.9 Å². The van der Waals surface area contributed by atoms with Crippen molar-refractivity contribution in [3.05, 3.63) is 59.0 Å². The number of sulfonamides is 1. The molecule has 1 aliphatic heterocycles. The fraction of sp³-hybridized carbons (Fsp3) is 0.381. The number of nitrogens with zero attached hydrogens (tertiary/aromatic N) is 4. The number of fused-ring (bicyclic) bond motifs is 1. The Hall–Kier alpha value is -2.49. The van der Waals surface area contributed by atoms with Crippen molar-refractivity contribution in [1.29, 1.82) is 0 Å². The number of halogens is 1. The molecule has 0 bridgehead atoms. The molecular weight excluding hydrogens is 438 g/mol. The molecule has 1 unspecified atom stereocenters. The van der Waals surface area contributed by atoms with Gasteiger partial charge in [0.05, 0.1) is 5.02 Å². The van der Waals surface area contributed by atoms with Gasteiger partial charge in [-0.2, -0.15) is 4.31 Å². The first-order chi connectivity index (χ1) is 14.9. The Morgan fingerprint density at radius 1 is 1.26 bits per heavy atom. The van der Waals surface area contributed by atoms with Crippen molar-refractivity contribution >= 4 is 33.2 Å². The molecule has 1 aromatic carbocycles. The first kappa shape index (κ1) is 21.7. The molecule has 1 amide bonds. The van der Waals surface area contributed by atoms with Gasteiger partial charge < -0.3 is 5.32 Å². The van der Waals surface area contributed by atoms with E-state index in [4.69, 9.17) is 11.6 Å². The van der Waals surface area contributed by atoms with Crippen LogP contribution < -0.4 is 5.32 Å². The van der Waals surface area contributed by atoms with Gasteiger partial charge in [0.1, 0.15) is 10.7 Å². The SMILES string of the molecule is CC1CCCN(S(=O)(=O)c2cc(C(=O)NCCc3nnc4ccccn34)ccc2Cl)C1. The summed E-state index contributed by atoms with van der Waals surface area (Å²) >= 11 is 6.21. The Kier molecular flexibility index (Phi) is 6.27. The maximum Gasteiger partial charge on any atom is 0.251 e. The molecule has 0 radical (unpaired) electrons. The van der Waals surface area contributed by atoms with Crippen molar-refractivity contribution in [3.8, 4) is 0 Å². The number of aromatic nitrogens is 3. The van der Waals surface area contributed by atoms with E-state index in [-0.39, 0.29) is 21.4 Å². The molecule has 1 N–H and O–H groups in total. The summed E-state index contributed by atoms with van der Waals surface area (Å²) in [6.07, 6.45) is 4.17. The van der Waals surface area contributed by atoms with E-state index in [1.165, 1.54) is 22.5 Å². The highest BCUT2D eigenvalue weighted by Crippen LogP contribution is 2.29. The summed E-state index contributed by atoms with van der Waals surface area (Å²) in [6.45, 7) is 3.29. The van der Waals surface area contributed by atoms with Gasteiger partial charge in [0.2, 0.25) is 10.0 Å². The van der Waals surface area contributed by atoms with Crippen LogP contribution in [-0.4, -0.2) is 52.9 Å². The first-order valence-corrected chi connectivity index (χ1v) is 12.0. The molecule has 1 saturated heterocycles. The molecule has 164 valence electrons. The summed E-state index contributed by atoms with van der Waals surface area (Å²) in [6, 6.07) is 9.97. The second-order valence-electron chi connectivity index (χ2n) is 7.81. The molecular formula is C21H24ClN5O3S. The Balaban J connectivity index is 1.46. The lowest BCUT2D eigenvalue weighted by Gasteiger charge is -2.30. The Morgan fingerprint density at radius 2 is 2.10 bits per heavy atom. The molecule has 3 aromatic rings. The van der Waals surface area contributed by atoms with Crippen molar-refractivity contribution in [2.75, 3.05) is 19.6 Å². The fourth-order valence-electron chi connectivity index (χ4n) is 3.80. The standard InChI is InChI=1S/C21H24ClN5O3S/c1-15-5-4-11-26(14-15)31(29,30)18-13-16(7-8-17(18)22)21(28)23-10-9-20-25-24-19-6-2-3-12-27(19)20/h2-3,6-8,12-13,15H,4-5,9-11,14H2,1H3,(H,23,28). The molecule has 0 spiro atoms. The normalized spacial score (nSPS) is 17.7. The minimum atomic E-state index is -3.76. The van der Waals surface area contributed by atoms with Gasteiger partial charge in [-0.3, -0.25) is 9.20 Å². The number of benzene rings is 1. The van der Waals surface area contributed by atoms with Crippen LogP contribution in [-0.2, 0) is 16.4 Å². The second kappa shape index (κ2) is 8.94. The lowest BCUT2D eigenvalue weighted by atomic mass is 10.0. The van der Waals surface area contributed by atoms with Crippen molar-refractivity contribution in [2.24, 2.45) is 5.92 Å². The highest BCUT2D eigenvalue weighted by molar-refractivity contribution is 7.89. The summed E-state index contributed by atoms with van der Waals surface area (Å²) < 4.78 is 29.5. The molecule has 3 heterocycles. The molecule has 1 aliphatic rings. The van der Waals surface area contributed by atoms with E-state index in [0.29, 0.717) is 32.0 Å². The molecule has 0 aliphatic carbocycles. The zero-order chi connectivity index (χ0) is 22.0. The minimum absolute atomic E-state index is 0.0284. The van der Waals surface area contributed by atoms with E-state index in [0.717, 1.165) is 24.3 Å². The quantitative estimate of drug-likeness (QED) is 0.608. The number of piperidine rings is 1. The van der Waals surface area contributed by atoms with Crippen LogP contribution in [0.2, 0.25) is 5.02 Å². The number of pyridine rings is 1. The summed E-state index contributed by atoms with van der Waals surface area (Å²) in [4.78, 5) is 12.6. The third kappa shape index (κ3) is 4.58. The summed E-state index contributed by atoms with van der Waals surface area (Å²) in [5.74, 6) is 0.658. The van der Waals surface area contributed by atoms with E-state index >= 15 is 0 Å². The van der Waals surface area contributed by atoms with Gasteiger partial charge in [0.15, 0.2) is 5.65 Å². The number of rotatable bonds is 6. The second-order valence-corrected chi connectivity index (χ2v) is 10.1. The largest absolute Gasteiger partial charge is 0.352 e. The average Bonchev–Trinajstić information content (AvgIpc) is 3.17. The maximum absolute atomic E-state index is 13.1. The topological polar surface area (TPSA) is 96.7 Å². The number of carbonyl (C=O) groups is 1. The molecule has 2 aromatic heterocycles. The molecule has 1 atom stereocenters. The Bertz CT molecular complexity index is 1210. The fourth-order valence-corrected chi connectivity index (χ4v) is 5.90. The average molecular weight is 462 g/mol. The van der Waals surface area contributed by atoms with E-state index in [9.17, 15) is 13.2 Å². The summed E-state index contributed by atoms with van der Waals surface area (Å²) in [5, 5.41) is 11.2. The van der Waals surface area contributed by atoms with Crippen molar-refractivity contribution < 1.29 is 13.2 Å². The van der Waals surface area contributed by atoms with E-state index < -0.39 is 10.0 Å². The van der Waals surface area contributed by atoms with E-state index in [2.05, 4.69) is 15.5 Å². The van der Waals surface area contributed by atoms with Crippen LogP contribution in [0, 0.1) is 5.92 Å². The maximum atomic E-state index is 13.1. The lowest BCUT2D eigenvalue weighted by molar-refractivity contribution is 0.0953. The smallest absolute Gasteiger partial charge is 0.251 e. The summed E-state index contributed by atoms with van der Waals surface area (Å²) in [5.41, 5.74) is 0.988. The predicted molar refractivity (Wildman–Crippen MR) is 118 cm³/mol. The zero-order valence-corrected chi connectivity index (χ0v) is 18.7. The van der Waals surface area contributed by atoms with E-state index in [1.54, 1.807) is 0 Å². The van der Waals surface area contributed by atoms with Crippen LogP contribution in [0.5, 0.6) is 0 Å². The van der Waals surface area contributed by atoms with Gasteiger partial charge in [-0.1, -0.05) is 24.6 Å². The highest BCUT2D eigenvalue weighted by Gasteiger charge is 2.30. The van der Waals surface area contributed by atoms with Gasteiger partial charge >= 0.3 is 0 Å². The third-order valence-electron chi connectivity index (χ3n) is 5.45. The molecule has 31 heavy (non-hydrogen) atoms. The summed E-state index contributed by atoms with van der Waals surface area (Å²) in [7, 11) is -3.76. The van der Waals surface area contributed by atoms with Gasteiger partial charge in [-0.15, -0.1) is 10.2 Å². The Labute approximate surface area is 186 Å². The monoisotopic (exact) mass is 461 g/mol. The first-order valence-electron chi connectivity index (χ1n) is 10.2. The molecule has 4 rings (SSSR count). The van der Waals surface area contributed by atoms with Gasteiger partial charge in [0.25, 0.3) is 5.91 Å². The van der Waals surface area contributed by atoms with Crippen LogP contribution in [0.15, 0.2) is 47.5 Å². The Morgan fingerprint density at radius 3 is 2.90 bits per heavy atom.